The van der Waals surface area contributed by atoms with E-state index < -0.39 is 0 Å². The van der Waals surface area contributed by atoms with Crippen molar-refractivity contribution in [3.8, 4) is 5.75 Å². The fraction of sp³-hybridized carbons (Fsp3) is 0.500. The van der Waals surface area contributed by atoms with Gasteiger partial charge in [-0.3, -0.25) is 0 Å². The van der Waals surface area contributed by atoms with Crippen molar-refractivity contribution in [2.75, 3.05) is 48.4 Å². The molecule has 0 spiro atoms. The van der Waals surface area contributed by atoms with Crippen molar-refractivity contribution in [1.29, 1.82) is 0 Å². The van der Waals surface area contributed by atoms with Crippen LogP contribution in [0, 0.1) is 0 Å². The molecule has 2 aromatic rings. The molecule has 1 aromatic heterocycles. The second kappa shape index (κ2) is 8.00. The summed E-state index contributed by atoms with van der Waals surface area (Å²) in [5, 5.41) is 11.7. The Morgan fingerprint density at radius 1 is 1.12 bits per heavy atom. The molecule has 134 valence electrons. The monoisotopic (exact) mass is 342 g/mol. The Morgan fingerprint density at radius 3 is 2.44 bits per heavy atom. The number of anilines is 3. The topological polar surface area (TPSA) is 66.4 Å². The number of hydrogen-bond donors (Lipinski definition) is 1. The van der Waals surface area contributed by atoms with Crippen molar-refractivity contribution in [2.24, 2.45) is 0 Å². The average Bonchev–Trinajstić information content (AvgIpc) is 2.68. The maximum absolute atomic E-state index is 5.22. The van der Waals surface area contributed by atoms with Gasteiger partial charge in [-0.1, -0.05) is 6.92 Å². The van der Waals surface area contributed by atoms with Crippen molar-refractivity contribution >= 4 is 17.5 Å². The smallest absolute Gasteiger partial charge is 0.247 e. The molecular weight excluding hydrogens is 316 g/mol. The summed E-state index contributed by atoms with van der Waals surface area (Å²) >= 11 is 0. The van der Waals surface area contributed by atoms with Gasteiger partial charge >= 0.3 is 0 Å². The number of nitrogens with one attached hydrogen (secondary N) is 1. The van der Waals surface area contributed by atoms with Crippen LogP contribution in [0.25, 0.3) is 0 Å². The molecule has 0 bridgehead atoms. The summed E-state index contributed by atoms with van der Waals surface area (Å²) in [6.07, 6.45) is 2.73. The summed E-state index contributed by atoms with van der Waals surface area (Å²) in [5.74, 6) is 2.37. The van der Waals surface area contributed by atoms with Crippen LogP contribution in [0.5, 0.6) is 5.75 Å². The van der Waals surface area contributed by atoms with Crippen LogP contribution >= 0.6 is 0 Å². The van der Waals surface area contributed by atoms with Crippen LogP contribution < -0.4 is 19.9 Å². The molecule has 7 nitrogen and oxygen atoms in total. The minimum absolute atomic E-state index is 0.372. The molecule has 3 rings (SSSR count). The van der Waals surface area contributed by atoms with Gasteiger partial charge in [-0.05, 0) is 37.6 Å². The van der Waals surface area contributed by atoms with E-state index in [2.05, 4.69) is 56.3 Å². The second-order valence-electron chi connectivity index (χ2n) is 6.27. The molecule has 1 fully saturated rings. The van der Waals surface area contributed by atoms with Gasteiger partial charge in [-0.15, -0.1) is 5.10 Å². The summed E-state index contributed by atoms with van der Waals surface area (Å²) in [6.45, 7) is 7.89. The molecule has 1 aliphatic heterocycles. The molecule has 1 atom stereocenters. The fourth-order valence-corrected chi connectivity index (χ4v) is 2.81. The lowest BCUT2D eigenvalue weighted by Gasteiger charge is -2.36. The number of hydrogen-bond acceptors (Lipinski definition) is 7. The largest absolute Gasteiger partial charge is 0.497 e. The van der Waals surface area contributed by atoms with Gasteiger partial charge in [0.2, 0.25) is 5.95 Å². The third kappa shape index (κ3) is 4.29. The first kappa shape index (κ1) is 17.3. The molecule has 7 heteroatoms. The van der Waals surface area contributed by atoms with E-state index in [0.717, 1.165) is 44.2 Å². The summed E-state index contributed by atoms with van der Waals surface area (Å²) in [6, 6.07) is 8.57. The number of rotatable bonds is 6. The van der Waals surface area contributed by atoms with Crippen LogP contribution in [0.1, 0.15) is 20.3 Å². The van der Waals surface area contributed by atoms with Crippen LogP contribution in [-0.2, 0) is 0 Å². The second-order valence-corrected chi connectivity index (χ2v) is 6.27. The first-order valence-corrected chi connectivity index (χ1v) is 8.79. The van der Waals surface area contributed by atoms with Gasteiger partial charge < -0.3 is 19.9 Å². The van der Waals surface area contributed by atoms with Gasteiger partial charge in [0, 0.05) is 37.9 Å². The zero-order chi connectivity index (χ0) is 17.6. The number of methoxy groups -OCH3 is 1. The number of nitrogens with zero attached hydrogens (tertiary/aromatic N) is 5. The molecular formula is C18H26N6O. The summed E-state index contributed by atoms with van der Waals surface area (Å²) in [7, 11) is 1.69. The van der Waals surface area contributed by atoms with E-state index >= 15 is 0 Å². The maximum Gasteiger partial charge on any atom is 0.247 e. The van der Waals surface area contributed by atoms with Crippen LogP contribution in [-0.4, -0.2) is 54.5 Å². The predicted octanol–water partition coefficient (Wildman–Crippen LogP) is 2.42. The van der Waals surface area contributed by atoms with Crippen molar-refractivity contribution in [1.82, 2.24) is 15.2 Å². The SMILES string of the molecule is CCC(C)Nc1cnnc(N2CCN(c3ccc(OC)cc3)CC2)n1. The van der Waals surface area contributed by atoms with Crippen LogP contribution in [0.2, 0.25) is 0 Å². The van der Waals surface area contributed by atoms with Crippen LogP contribution in [0.15, 0.2) is 30.5 Å². The molecule has 0 radical (unpaired) electrons. The molecule has 1 saturated heterocycles. The van der Waals surface area contributed by atoms with Gasteiger partial charge in [0.25, 0.3) is 0 Å². The van der Waals surface area contributed by atoms with Gasteiger partial charge in [0.05, 0.1) is 13.3 Å². The number of piperazine rings is 1. The quantitative estimate of drug-likeness (QED) is 0.865. The lowest BCUT2D eigenvalue weighted by atomic mass is 10.2. The highest BCUT2D eigenvalue weighted by molar-refractivity contribution is 5.51. The third-order valence-corrected chi connectivity index (χ3v) is 4.55. The Morgan fingerprint density at radius 2 is 1.80 bits per heavy atom. The number of benzene rings is 1. The average molecular weight is 342 g/mol. The van der Waals surface area contributed by atoms with E-state index in [9.17, 15) is 0 Å². The summed E-state index contributed by atoms with van der Waals surface area (Å²) in [4.78, 5) is 9.17. The molecule has 1 aliphatic rings. The molecule has 0 aliphatic carbocycles. The minimum Gasteiger partial charge on any atom is -0.497 e. The molecule has 1 aromatic carbocycles. The molecule has 2 heterocycles. The van der Waals surface area contributed by atoms with E-state index in [0.29, 0.717) is 12.0 Å². The Balaban J connectivity index is 1.61. The van der Waals surface area contributed by atoms with Crippen molar-refractivity contribution in [2.45, 2.75) is 26.3 Å². The van der Waals surface area contributed by atoms with Crippen molar-refractivity contribution in [3.63, 3.8) is 0 Å². The third-order valence-electron chi connectivity index (χ3n) is 4.55. The van der Waals surface area contributed by atoms with E-state index in [-0.39, 0.29) is 0 Å². The Labute approximate surface area is 149 Å². The maximum atomic E-state index is 5.22. The summed E-state index contributed by atoms with van der Waals surface area (Å²) in [5.41, 5.74) is 1.21. The molecule has 0 amide bonds. The Bertz CT molecular complexity index is 670. The van der Waals surface area contributed by atoms with E-state index in [1.54, 1.807) is 13.3 Å². The zero-order valence-electron chi connectivity index (χ0n) is 15.1. The normalized spacial score (nSPS) is 15.8. The molecule has 1 N–H and O–H groups in total. The van der Waals surface area contributed by atoms with Crippen molar-refractivity contribution < 1.29 is 4.74 Å². The highest BCUT2D eigenvalue weighted by atomic mass is 16.5. The van der Waals surface area contributed by atoms with Crippen molar-refractivity contribution in [3.05, 3.63) is 30.5 Å². The lowest BCUT2D eigenvalue weighted by molar-refractivity contribution is 0.415. The lowest BCUT2D eigenvalue weighted by Crippen LogP contribution is -2.47. The molecule has 0 saturated carbocycles. The molecule has 25 heavy (non-hydrogen) atoms. The predicted molar refractivity (Wildman–Crippen MR) is 101 cm³/mol. The highest BCUT2D eigenvalue weighted by Crippen LogP contribution is 2.21. The van der Waals surface area contributed by atoms with E-state index in [4.69, 9.17) is 4.74 Å². The first-order valence-electron chi connectivity index (χ1n) is 8.79. The van der Waals surface area contributed by atoms with Gasteiger partial charge in [-0.2, -0.15) is 10.1 Å². The van der Waals surface area contributed by atoms with Gasteiger partial charge in [-0.25, -0.2) is 0 Å². The van der Waals surface area contributed by atoms with E-state index in [1.807, 2.05) is 12.1 Å². The zero-order valence-corrected chi connectivity index (χ0v) is 15.1. The van der Waals surface area contributed by atoms with E-state index in [1.165, 1.54) is 5.69 Å². The number of aromatic nitrogens is 3. The Hall–Kier alpha value is -2.57. The highest BCUT2D eigenvalue weighted by Gasteiger charge is 2.20. The van der Waals surface area contributed by atoms with Crippen LogP contribution in [0.4, 0.5) is 17.5 Å². The molecule has 1 unspecified atom stereocenters. The summed E-state index contributed by atoms with van der Waals surface area (Å²) < 4.78 is 5.22. The van der Waals surface area contributed by atoms with Gasteiger partial charge in [0.15, 0.2) is 5.82 Å². The van der Waals surface area contributed by atoms with Crippen LogP contribution in [0.3, 0.4) is 0 Å². The Kier molecular flexibility index (Phi) is 5.53. The fourth-order valence-electron chi connectivity index (χ4n) is 2.81. The van der Waals surface area contributed by atoms with Gasteiger partial charge in [0.1, 0.15) is 5.75 Å². The number of ether oxygens (including phenoxy) is 1. The minimum atomic E-state index is 0.372. The standard InChI is InChI=1S/C18H26N6O/c1-4-14(2)20-17-13-19-22-18(21-17)24-11-9-23(10-12-24)15-5-7-16(25-3)8-6-15/h5-8,13-14H,4,9-12H2,1-3H3,(H,20,21,22). The first-order chi connectivity index (χ1) is 12.2.